The number of hydrogen-bond acceptors (Lipinski definition) is 3. The fraction of sp³-hybridized carbons (Fsp3) is 0.692. The van der Waals surface area contributed by atoms with Crippen LogP contribution in [-0.2, 0) is 9.53 Å². The van der Waals surface area contributed by atoms with Crippen LogP contribution >= 0.6 is 0 Å². The van der Waals surface area contributed by atoms with Gasteiger partial charge in [-0.3, -0.25) is 4.79 Å². The molecule has 0 fully saturated rings. The van der Waals surface area contributed by atoms with Crippen molar-refractivity contribution in [1.29, 1.82) is 0 Å². The van der Waals surface area contributed by atoms with E-state index in [4.69, 9.17) is 9.84 Å². The molecular formula is C13H24N2O4. The molecule has 1 unspecified atom stereocenters. The van der Waals surface area contributed by atoms with Crippen molar-refractivity contribution in [2.24, 2.45) is 5.92 Å². The number of rotatable bonds is 10. The second-order valence-electron chi connectivity index (χ2n) is 4.34. The van der Waals surface area contributed by atoms with E-state index >= 15 is 0 Å². The second-order valence-corrected chi connectivity index (χ2v) is 4.34. The first-order chi connectivity index (χ1) is 9.02. The molecule has 6 nitrogen and oxygen atoms in total. The molecule has 0 aromatic rings. The SMILES string of the molecule is C=CCN(CCOC)C(=O)NCCCC(C)C(=O)O. The molecule has 0 aliphatic rings. The molecular weight excluding hydrogens is 248 g/mol. The van der Waals surface area contributed by atoms with Crippen molar-refractivity contribution in [2.45, 2.75) is 19.8 Å². The van der Waals surface area contributed by atoms with E-state index in [0.29, 0.717) is 39.1 Å². The molecule has 0 rings (SSSR count). The monoisotopic (exact) mass is 272 g/mol. The number of carbonyl (C=O) groups is 2. The highest BCUT2D eigenvalue weighted by Gasteiger charge is 2.12. The van der Waals surface area contributed by atoms with Crippen LogP contribution in [0.2, 0.25) is 0 Å². The fourth-order valence-corrected chi connectivity index (χ4v) is 1.47. The summed E-state index contributed by atoms with van der Waals surface area (Å²) in [5.74, 6) is -1.19. The molecule has 1 atom stereocenters. The van der Waals surface area contributed by atoms with Crippen LogP contribution in [0.3, 0.4) is 0 Å². The van der Waals surface area contributed by atoms with Gasteiger partial charge in [-0.05, 0) is 12.8 Å². The Balaban J connectivity index is 3.91. The van der Waals surface area contributed by atoms with Gasteiger partial charge in [0.1, 0.15) is 0 Å². The topological polar surface area (TPSA) is 78.9 Å². The lowest BCUT2D eigenvalue weighted by Crippen LogP contribution is -2.42. The molecule has 0 aromatic heterocycles. The highest BCUT2D eigenvalue weighted by molar-refractivity contribution is 5.74. The first-order valence-electron chi connectivity index (χ1n) is 6.38. The van der Waals surface area contributed by atoms with Gasteiger partial charge >= 0.3 is 12.0 Å². The van der Waals surface area contributed by atoms with Crippen molar-refractivity contribution in [3.8, 4) is 0 Å². The molecule has 0 saturated heterocycles. The largest absolute Gasteiger partial charge is 0.481 e. The Morgan fingerprint density at radius 2 is 2.21 bits per heavy atom. The number of urea groups is 1. The van der Waals surface area contributed by atoms with E-state index in [2.05, 4.69) is 11.9 Å². The van der Waals surface area contributed by atoms with Crippen LogP contribution in [0, 0.1) is 5.92 Å². The van der Waals surface area contributed by atoms with Crippen LogP contribution < -0.4 is 5.32 Å². The van der Waals surface area contributed by atoms with Crippen LogP contribution in [0.1, 0.15) is 19.8 Å². The van der Waals surface area contributed by atoms with E-state index < -0.39 is 5.97 Å². The molecule has 19 heavy (non-hydrogen) atoms. The van der Waals surface area contributed by atoms with Crippen LogP contribution in [-0.4, -0.2) is 55.4 Å². The number of hydrogen-bond donors (Lipinski definition) is 2. The molecule has 0 bridgehead atoms. The summed E-state index contributed by atoms with van der Waals surface area (Å²) < 4.78 is 4.93. The predicted molar refractivity (Wildman–Crippen MR) is 73.1 cm³/mol. The summed E-state index contributed by atoms with van der Waals surface area (Å²) in [7, 11) is 1.58. The molecule has 0 aliphatic carbocycles. The third kappa shape index (κ3) is 8.20. The van der Waals surface area contributed by atoms with Gasteiger partial charge in [0.15, 0.2) is 0 Å². The molecule has 0 spiro atoms. The first-order valence-corrected chi connectivity index (χ1v) is 6.38. The molecule has 110 valence electrons. The van der Waals surface area contributed by atoms with Crippen LogP contribution in [0.4, 0.5) is 4.79 Å². The van der Waals surface area contributed by atoms with E-state index in [1.165, 1.54) is 0 Å². The predicted octanol–water partition coefficient (Wildman–Crippen LogP) is 1.33. The van der Waals surface area contributed by atoms with Gasteiger partial charge < -0.3 is 20.1 Å². The maximum Gasteiger partial charge on any atom is 0.317 e. The Hall–Kier alpha value is -1.56. The average Bonchev–Trinajstić information content (AvgIpc) is 2.38. The number of methoxy groups -OCH3 is 1. The Bertz CT molecular complexity index is 294. The lowest BCUT2D eigenvalue weighted by atomic mass is 10.1. The summed E-state index contributed by atoms with van der Waals surface area (Å²) in [6.45, 7) is 7.16. The highest BCUT2D eigenvalue weighted by Crippen LogP contribution is 2.04. The zero-order valence-corrected chi connectivity index (χ0v) is 11.7. The van der Waals surface area contributed by atoms with Gasteiger partial charge in [0.25, 0.3) is 0 Å². The van der Waals surface area contributed by atoms with Crippen LogP contribution in [0.25, 0.3) is 0 Å². The molecule has 2 N–H and O–H groups in total. The zero-order valence-electron chi connectivity index (χ0n) is 11.7. The van der Waals surface area contributed by atoms with Gasteiger partial charge in [-0.2, -0.15) is 0 Å². The summed E-state index contributed by atoms with van der Waals surface area (Å²) in [6, 6.07) is -0.181. The minimum Gasteiger partial charge on any atom is -0.481 e. The minimum absolute atomic E-state index is 0.181. The normalized spacial score (nSPS) is 11.7. The number of aliphatic carboxylic acids is 1. The summed E-state index contributed by atoms with van der Waals surface area (Å²) in [4.78, 5) is 24.0. The van der Waals surface area contributed by atoms with Gasteiger partial charge in [0.2, 0.25) is 0 Å². The zero-order chi connectivity index (χ0) is 14.7. The van der Waals surface area contributed by atoms with Crippen molar-refractivity contribution in [2.75, 3.05) is 33.4 Å². The number of nitrogens with one attached hydrogen (secondary N) is 1. The maximum atomic E-state index is 11.8. The highest BCUT2D eigenvalue weighted by atomic mass is 16.5. The van der Waals surface area contributed by atoms with Crippen molar-refractivity contribution < 1.29 is 19.4 Å². The van der Waals surface area contributed by atoms with Crippen LogP contribution in [0.15, 0.2) is 12.7 Å². The van der Waals surface area contributed by atoms with Crippen molar-refractivity contribution in [3.63, 3.8) is 0 Å². The molecule has 0 saturated carbocycles. The third-order valence-electron chi connectivity index (χ3n) is 2.71. The second kappa shape index (κ2) is 10.4. The van der Waals surface area contributed by atoms with E-state index in [9.17, 15) is 9.59 Å². The van der Waals surface area contributed by atoms with Crippen LogP contribution in [0.5, 0.6) is 0 Å². The number of amides is 2. The summed E-state index contributed by atoms with van der Waals surface area (Å²) in [5.41, 5.74) is 0. The maximum absolute atomic E-state index is 11.8. The number of carboxylic acids is 1. The standard InChI is InChI=1S/C13H24N2O4/c1-4-8-15(9-10-19-3)13(18)14-7-5-6-11(2)12(16)17/h4,11H,1,5-10H2,2-3H3,(H,14,18)(H,16,17). The van der Waals surface area contributed by atoms with Crippen molar-refractivity contribution >= 4 is 12.0 Å². The molecule has 0 aliphatic heterocycles. The lowest BCUT2D eigenvalue weighted by molar-refractivity contribution is -0.141. The van der Waals surface area contributed by atoms with Crippen molar-refractivity contribution in [1.82, 2.24) is 10.2 Å². The molecule has 0 aromatic carbocycles. The number of ether oxygens (including phenoxy) is 1. The van der Waals surface area contributed by atoms with Crippen molar-refractivity contribution in [3.05, 3.63) is 12.7 Å². The molecule has 6 heteroatoms. The molecule has 2 amide bonds. The Kier molecular flexibility index (Phi) is 9.52. The summed E-state index contributed by atoms with van der Waals surface area (Å²) in [5, 5.41) is 11.5. The number of carbonyl (C=O) groups excluding carboxylic acids is 1. The van der Waals surface area contributed by atoms with E-state index in [-0.39, 0.29) is 11.9 Å². The minimum atomic E-state index is -0.806. The average molecular weight is 272 g/mol. The molecule has 0 heterocycles. The van der Waals surface area contributed by atoms with Gasteiger partial charge in [0, 0.05) is 26.7 Å². The Morgan fingerprint density at radius 3 is 2.74 bits per heavy atom. The van der Waals surface area contributed by atoms with Gasteiger partial charge in [0.05, 0.1) is 12.5 Å². The van der Waals surface area contributed by atoms with E-state index in [1.807, 2.05) is 0 Å². The molecule has 0 radical (unpaired) electrons. The van der Waals surface area contributed by atoms with Gasteiger partial charge in [-0.1, -0.05) is 13.0 Å². The summed E-state index contributed by atoms with van der Waals surface area (Å²) in [6.07, 6.45) is 2.85. The Labute approximate surface area is 114 Å². The quantitative estimate of drug-likeness (QED) is 0.464. The third-order valence-corrected chi connectivity index (χ3v) is 2.71. The van der Waals surface area contributed by atoms with E-state index in [1.54, 1.807) is 25.0 Å². The fourth-order valence-electron chi connectivity index (χ4n) is 1.47. The first kappa shape index (κ1) is 17.4. The number of carboxylic acid groups (broad SMARTS) is 1. The smallest absolute Gasteiger partial charge is 0.317 e. The lowest BCUT2D eigenvalue weighted by Gasteiger charge is -2.21. The number of nitrogens with zero attached hydrogens (tertiary/aromatic N) is 1. The van der Waals surface area contributed by atoms with Gasteiger partial charge in [-0.25, -0.2) is 4.79 Å². The Morgan fingerprint density at radius 1 is 1.53 bits per heavy atom. The summed E-state index contributed by atoms with van der Waals surface area (Å²) >= 11 is 0. The van der Waals surface area contributed by atoms with Gasteiger partial charge in [-0.15, -0.1) is 6.58 Å². The van der Waals surface area contributed by atoms with E-state index in [0.717, 1.165) is 0 Å².